The van der Waals surface area contributed by atoms with Crippen molar-refractivity contribution in [2.24, 2.45) is 4.99 Å². The van der Waals surface area contributed by atoms with Gasteiger partial charge < -0.3 is 4.90 Å². The number of hydrogen-bond acceptors (Lipinski definition) is 7. The Labute approximate surface area is 222 Å². The van der Waals surface area contributed by atoms with Gasteiger partial charge in [-0.25, -0.2) is 9.79 Å². The van der Waals surface area contributed by atoms with Crippen molar-refractivity contribution in [3.05, 3.63) is 112 Å². The number of benzene rings is 3. The number of nitrogens with one attached hydrogen (secondary N) is 1. The number of H-pyrrole nitrogens is 1. The third-order valence-electron chi connectivity index (χ3n) is 5.81. The maximum Gasteiger partial charge on any atom is 0.438 e. The van der Waals surface area contributed by atoms with Gasteiger partial charge in [0.15, 0.2) is 5.17 Å². The number of hydrogen-bond donors (Lipinski definition) is 1. The van der Waals surface area contributed by atoms with Gasteiger partial charge >= 0.3 is 11.3 Å². The lowest BCUT2D eigenvalue weighted by atomic mass is 10.1. The minimum atomic E-state index is -0.773. The quantitative estimate of drug-likeness (QED) is 0.224. The van der Waals surface area contributed by atoms with Gasteiger partial charge in [-0.15, -0.1) is 0 Å². The zero-order chi connectivity index (χ0) is 26.6. The van der Waals surface area contributed by atoms with Crippen LogP contribution in [0.3, 0.4) is 0 Å². The summed E-state index contributed by atoms with van der Waals surface area (Å²) >= 11 is 1.08. The van der Waals surface area contributed by atoms with Gasteiger partial charge in [-0.3, -0.25) is 19.0 Å². The summed E-state index contributed by atoms with van der Waals surface area (Å²) in [7, 11) is 3.92. The smallest absolute Gasteiger partial charge is 0.378 e. The number of Topliss-reactive ketones (excluding diaryl/α,β-unsaturated/α-hetero) is 1. The molecule has 0 saturated heterocycles. The third kappa shape index (κ3) is 5.07. The van der Waals surface area contributed by atoms with Crippen LogP contribution in [0.4, 0.5) is 11.4 Å². The SMILES string of the molecule is CN(C)c1ccc(/C=C2/N=C(SCC(=O)c3c(=O)o[nH][n+]3-c3ccccc3)N(c3ccccc3)C2=O)cc1. The van der Waals surface area contributed by atoms with E-state index in [0.717, 1.165) is 23.0 Å². The Morgan fingerprint density at radius 2 is 1.66 bits per heavy atom. The Kier molecular flexibility index (Phi) is 7.05. The number of aromatic nitrogens is 2. The minimum absolute atomic E-state index is 0.129. The van der Waals surface area contributed by atoms with E-state index in [9.17, 15) is 14.4 Å². The van der Waals surface area contributed by atoms with Crippen LogP contribution in [0.25, 0.3) is 11.8 Å². The van der Waals surface area contributed by atoms with Crippen LogP contribution >= 0.6 is 11.8 Å². The molecule has 1 amide bonds. The highest BCUT2D eigenvalue weighted by molar-refractivity contribution is 8.14. The largest absolute Gasteiger partial charge is 0.438 e. The molecule has 1 N–H and O–H groups in total. The Morgan fingerprint density at radius 1 is 1.00 bits per heavy atom. The summed E-state index contributed by atoms with van der Waals surface area (Å²) in [6.45, 7) is 0. The highest BCUT2D eigenvalue weighted by atomic mass is 32.2. The summed E-state index contributed by atoms with van der Waals surface area (Å²) in [6, 6.07) is 25.8. The molecule has 0 fully saturated rings. The summed E-state index contributed by atoms with van der Waals surface area (Å²) in [4.78, 5) is 47.0. The molecule has 10 heteroatoms. The molecule has 5 rings (SSSR count). The van der Waals surface area contributed by atoms with Crippen LogP contribution in [-0.2, 0) is 4.79 Å². The van der Waals surface area contributed by atoms with Gasteiger partial charge in [-0.05, 0) is 45.9 Å². The Balaban J connectivity index is 1.43. The molecular formula is C28H24N5O4S+. The standard InChI is InChI=1S/C28H23N5O4S/c1-31(2)20-15-13-19(14-16-20)17-23-26(35)32(21-9-5-3-6-10-21)28(29-23)38-18-24(34)25-27(36)37-30-33(25)22-11-7-4-8-12-22/h3-17H,18H2,1-2H3/p+1/b23-17+. The molecule has 0 unspecified atom stereocenters. The predicted octanol–water partition coefficient (Wildman–Crippen LogP) is 3.67. The van der Waals surface area contributed by atoms with E-state index in [1.807, 2.05) is 67.5 Å². The zero-order valence-corrected chi connectivity index (χ0v) is 21.5. The summed E-state index contributed by atoms with van der Waals surface area (Å²) in [5, 5.41) is 2.82. The highest BCUT2D eigenvalue weighted by Crippen LogP contribution is 2.29. The molecule has 190 valence electrons. The molecular weight excluding hydrogens is 502 g/mol. The first-order valence-electron chi connectivity index (χ1n) is 11.7. The molecule has 0 bridgehead atoms. The van der Waals surface area contributed by atoms with Crippen molar-refractivity contribution in [2.75, 3.05) is 29.6 Å². The Morgan fingerprint density at radius 3 is 2.32 bits per heavy atom. The average molecular weight is 527 g/mol. The zero-order valence-electron chi connectivity index (χ0n) is 20.7. The van der Waals surface area contributed by atoms with E-state index >= 15 is 0 Å². The number of nitrogens with zero attached hydrogens (tertiary/aromatic N) is 4. The number of rotatable bonds is 7. The molecule has 3 aromatic carbocycles. The molecule has 0 atom stereocenters. The highest BCUT2D eigenvalue weighted by Gasteiger charge is 2.35. The van der Waals surface area contributed by atoms with Crippen molar-refractivity contribution in [2.45, 2.75) is 0 Å². The minimum Gasteiger partial charge on any atom is -0.378 e. The number of ketones is 1. The maximum atomic E-state index is 13.4. The molecule has 0 aliphatic carbocycles. The first kappa shape index (κ1) is 25.0. The predicted molar refractivity (Wildman–Crippen MR) is 148 cm³/mol. The lowest BCUT2D eigenvalue weighted by molar-refractivity contribution is -0.672. The molecule has 2 heterocycles. The van der Waals surface area contributed by atoms with Gasteiger partial charge in [-0.2, -0.15) is 0 Å². The molecule has 0 saturated carbocycles. The monoisotopic (exact) mass is 526 g/mol. The first-order valence-corrected chi connectivity index (χ1v) is 12.7. The van der Waals surface area contributed by atoms with E-state index in [-0.39, 0.29) is 23.1 Å². The van der Waals surface area contributed by atoms with Crippen LogP contribution < -0.4 is 20.1 Å². The van der Waals surface area contributed by atoms with E-state index in [2.05, 4.69) is 10.3 Å². The van der Waals surface area contributed by atoms with Gasteiger partial charge in [0.05, 0.1) is 11.4 Å². The van der Waals surface area contributed by atoms with Crippen molar-refractivity contribution in [3.63, 3.8) is 0 Å². The van der Waals surface area contributed by atoms with Crippen LogP contribution in [0.5, 0.6) is 0 Å². The van der Waals surface area contributed by atoms with Crippen LogP contribution in [-0.4, -0.2) is 42.0 Å². The molecule has 1 aliphatic rings. The van der Waals surface area contributed by atoms with Gasteiger partial charge in [-0.1, -0.05) is 60.3 Å². The van der Waals surface area contributed by atoms with Gasteiger partial charge in [0, 0.05) is 31.9 Å². The van der Waals surface area contributed by atoms with E-state index in [0.29, 0.717) is 16.5 Å². The fraction of sp³-hybridized carbons (Fsp3) is 0.107. The summed E-state index contributed by atoms with van der Waals surface area (Å²) < 4.78 is 6.21. The van der Waals surface area contributed by atoms with E-state index in [1.165, 1.54) is 9.58 Å². The first-order chi connectivity index (χ1) is 18.4. The summed E-state index contributed by atoms with van der Waals surface area (Å²) in [5.74, 6) is -0.896. The van der Waals surface area contributed by atoms with Crippen molar-refractivity contribution in [1.82, 2.24) is 5.27 Å². The second kappa shape index (κ2) is 10.7. The lowest BCUT2D eigenvalue weighted by Gasteiger charge is -2.17. The molecule has 1 aromatic heterocycles. The van der Waals surface area contributed by atoms with Crippen molar-refractivity contribution >= 4 is 46.1 Å². The number of para-hydroxylation sites is 2. The normalized spacial score (nSPS) is 14.2. The number of aliphatic imine (C=N–C) groups is 1. The number of carbonyl (C=O) groups excluding carboxylic acids is 2. The number of amides is 1. The number of amidine groups is 1. The van der Waals surface area contributed by atoms with Crippen molar-refractivity contribution in [1.29, 1.82) is 0 Å². The van der Waals surface area contributed by atoms with Gasteiger partial charge in [0.2, 0.25) is 11.5 Å². The van der Waals surface area contributed by atoms with Crippen molar-refractivity contribution < 1.29 is 18.8 Å². The molecule has 0 radical (unpaired) electrons. The average Bonchev–Trinajstić information content (AvgIpc) is 3.47. The number of anilines is 2. The second-order valence-corrected chi connectivity index (χ2v) is 9.54. The molecule has 1 aliphatic heterocycles. The molecule has 0 spiro atoms. The topological polar surface area (TPSA) is 103 Å². The lowest BCUT2D eigenvalue weighted by Crippen LogP contribution is -2.41. The van der Waals surface area contributed by atoms with Crippen LogP contribution in [0.2, 0.25) is 0 Å². The van der Waals surface area contributed by atoms with E-state index < -0.39 is 11.4 Å². The number of carbonyl (C=O) groups is 2. The maximum absolute atomic E-state index is 13.4. The summed E-state index contributed by atoms with van der Waals surface area (Å²) in [5.41, 5.74) is 2.41. The van der Waals surface area contributed by atoms with E-state index in [1.54, 1.807) is 42.5 Å². The second-order valence-electron chi connectivity index (χ2n) is 8.60. The van der Waals surface area contributed by atoms with Crippen LogP contribution in [0.1, 0.15) is 16.1 Å². The molecule has 38 heavy (non-hydrogen) atoms. The Bertz CT molecular complexity index is 1590. The Hall–Kier alpha value is -4.70. The number of aromatic amines is 1. The molecule has 4 aromatic rings. The van der Waals surface area contributed by atoms with Gasteiger partial charge in [0.1, 0.15) is 5.70 Å². The number of thioether (sulfide) groups is 1. The van der Waals surface area contributed by atoms with Crippen molar-refractivity contribution in [3.8, 4) is 5.69 Å². The third-order valence-corrected chi connectivity index (χ3v) is 6.75. The van der Waals surface area contributed by atoms with Gasteiger partial charge in [0.25, 0.3) is 5.91 Å². The molecule has 9 nitrogen and oxygen atoms in total. The summed E-state index contributed by atoms with van der Waals surface area (Å²) in [6.07, 6.45) is 1.72. The van der Waals surface area contributed by atoms with E-state index in [4.69, 9.17) is 4.52 Å². The van der Waals surface area contributed by atoms with Crippen LogP contribution in [0.15, 0.2) is 105 Å². The van der Waals surface area contributed by atoms with Crippen LogP contribution in [0, 0.1) is 0 Å². The fourth-order valence-electron chi connectivity index (χ4n) is 3.89. The fourth-order valence-corrected chi connectivity index (χ4v) is 4.77.